The predicted octanol–water partition coefficient (Wildman–Crippen LogP) is -2.69. The number of carboxylic acid groups (broad SMARTS) is 1. The summed E-state index contributed by atoms with van der Waals surface area (Å²) in [6, 6.07) is 0. The Labute approximate surface area is 105 Å². The molecule has 18 heavy (non-hydrogen) atoms. The molecule has 0 unspecified atom stereocenters. The predicted molar refractivity (Wildman–Crippen MR) is 62.8 cm³/mol. The molecule has 0 saturated carbocycles. The van der Waals surface area contributed by atoms with Crippen LogP contribution in [-0.4, -0.2) is 80.4 Å². The van der Waals surface area contributed by atoms with Crippen LogP contribution in [0.1, 0.15) is 6.92 Å². The minimum absolute atomic E-state index is 0.176. The van der Waals surface area contributed by atoms with Gasteiger partial charge in [-0.15, -0.1) is 0 Å². The van der Waals surface area contributed by atoms with Crippen LogP contribution >= 0.6 is 0 Å². The molecule has 0 radical (unpaired) electrons. The molecule has 0 aromatic carbocycles. The van der Waals surface area contributed by atoms with Crippen LogP contribution in [0.2, 0.25) is 0 Å². The van der Waals surface area contributed by atoms with Gasteiger partial charge in [0.1, 0.15) is 12.2 Å². The summed E-state index contributed by atoms with van der Waals surface area (Å²) in [7, 11) is 0. The van der Waals surface area contributed by atoms with Crippen molar-refractivity contribution < 1.29 is 40.5 Å². The first kappa shape index (κ1) is 22.2. The minimum atomic E-state index is -0.954. The summed E-state index contributed by atoms with van der Waals surface area (Å²) in [6.45, 7) is 3.14. The molecule has 0 atom stereocenters. The van der Waals surface area contributed by atoms with E-state index >= 15 is 0 Å². The summed E-state index contributed by atoms with van der Waals surface area (Å²) in [6.07, 6.45) is -1.91. The Balaban J connectivity index is -0.000000187. The Morgan fingerprint density at radius 1 is 0.944 bits per heavy atom. The van der Waals surface area contributed by atoms with Gasteiger partial charge >= 0.3 is 5.97 Å². The summed E-state index contributed by atoms with van der Waals surface area (Å²) >= 11 is 0. The summed E-state index contributed by atoms with van der Waals surface area (Å²) in [5.74, 6) is -0.935. The van der Waals surface area contributed by atoms with Crippen molar-refractivity contribution in [3.8, 4) is 0 Å². The topological polar surface area (TPSA) is 159 Å². The molecular formula is C10H22O8. The highest BCUT2D eigenvalue weighted by molar-refractivity contribution is 5.84. The molecule has 0 aliphatic carbocycles. The molecular weight excluding hydrogens is 248 g/mol. The lowest BCUT2D eigenvalue weighted by molar-refractivity contribution is -0.132. The van der Waals surface area contributed by atoms with Gasteiger partial charge in [0.25, 0.3) is 0 Å². The van der Waals surface area contributed by atoms with Crippen LogP contribution in [0.15, 0.2) is 12.2 Å². The number of carbonyl (C=O) groups is 1. The summed E-state index contributed by atoms with van der Waals surface area (Å²) in [5, 5.41) is 55.9. The number of hydrogen-bond acceptors (Lipinski definition) is 7. The zero-order chi connectivity index (χ0) is 15.1. The molecule has 0 aliphatic rings. The normalized spacial score (nSPS) is 9.17. The first-order chi connectivity index (χ1) is 8.26. The second-order valence-corrected chi connectivity index (χ2v) is 3.12. The van der Waals surface area contributed by atoms with Crippen LogP contribution in [0.5, 0.6) is 0 Å². The molecule has 0 heterocycles. The maximum Gasteiger partial charge on any atom is 0.330 e. The van der Waals surface area contributed by atoms with Crippen molar-refractivity contribution in [3.05, 3.63) is 12.2 Å². The van der Waals surface area contributed by atoms with Crippen molar-refractivity contribution in [3.63, 3.8) is 0 Å². The van der Waals surface area contributed by atoms with Crippen LogP contribution in [-0.2, 0) is 4.79 Å². The lowest BCUT2D eigenvalue weighted by Gasteiger charge is -1.96. The first-order valence-corrected chi connectivity index (χ1v) is 4.95. The highest BCUT2D eigenvalue weighted by Crippen LogP contribution is 1.81. The standard InChI is InChI=1S/C4H6O2.2C3H8O3/c1-3(2)4(5)6;2*4-1-3(6)2-5/h1H2,2H3,(H,5,6);2*3-6H,1-2H2. The van der Waals surface area contributed by atoms with E-state index in [1.54, 1.807) is 0 Å². The lowest BCUT2D eigenvalue weighted by atomic mass is 10.4. The summed E-state index contributed by atoms with van der Waals surface area (Å²) < 4.78 is 0. The van der Waals surface area contributed by atoms with Gasteiger partial charge in [0.15, 0.2) is 0 Å². The van der Waals surface area contributed by atoms with E-state index in [-0.39, 0.29) is 32.0 Å². The third-order valence-electron chi connectivity index (χ3n) is 1.21. The van der Waals surface area contributed by atoms with Crippen molar-refractivity contribution in [1.29, 1.82) is 0 Å². The molecule has 0 aliphatic heterocycles. The number of aliphatic carboxylic acids is 1. The molecule has 0 rings (SSSR count). The Bertz CT molecular complexity index is 176. The van der Waals surface area contributed by atoms with E-state index in [1.807, 2.05) is 0 Å². The van der Waals surface area contributed by atoms with Crippen molar-refractivity contribution in [2.75, 3.05) is 26.4 Å². The second-order valence-electron chi connectivity index (χ2n) is 3.12. The molecule has 0 amide bonds. The van der Waals surface area contributed by atoms with Gasteiger partial charge in [-0.3, -0.25) is 0 Å². The Morgan fingerprint density at radius 2 is 1.11 bits per heavy atom. The van der Waals surface area contributed by atoms with E-state index in [2.05, 4.69) is 6.58 Å². The van der Waals surface area contributed by atoms with Gasteiger partial charge in [-0.2, -0.15) is 0 Å². The van der Waals surface area contributed by atoms with Crippen molar-refractivity contribution >= 4 is 5.97 Å². The number of rotatable bonds is 5. The number of aliphatic hydroxyl groups is 6. The van der Waals surface area contributed by atoms with Crippen LogP contribution in [0, 0.1) is 0 Å². The van der Waals surface area contributed by atoms with E-state index < -0.39 is 18.2 Å². The largest absolute Gasteiger partial charge is 0.478 e. The maximum absolute atomic E-state index is 9.60. The van der Waals surface area contributed by atoms with Crippen molar-refractivity contribution in [2.45, 2.75) is 19.1 Å². The van der Waals surface area contributed by atoms with E-state index in [0.29, 0.717) is 0 Å². The van der Waals surface area contributed by atoms with E-state index in [0.717, 1.165) is 0 Å². The molecule has 0 spiro atoms. The Hall–Kier alpha value is -1.03. The summed E-state index contributed by atoms with van der Waals surface area (Å²) in [5.41, 5.74) is 0.176. The molecule has 7 N–H and O–H groups in total. The van der Waals surface area contributed by atoms with Gasteiger partial charge in [0.2, 0.25) is 0 Å². The van der Waals surface area contributed by atoms with Crippen LogP contribution in [0.4, 0.5) is 0 Å². The van der Waals surface area contributed by atoms with E-state index in [1.165, 1.54) is 6.92 Å². The lowest BCUT2D eigenvalue weighted by Crippen LogP contribution is -2.15. The van der Waals surface area contributed by atoms with Crippen molar-refractivity contribution in [2.24, 2.45) is 0 Å². The van der Waals surface area contributed by atoms with Gasteiger partial charge in [-0.05, 0) is 6.92 Å². The van der Waals surface area contributed by atoms with Crippen LogP contribution in [0.25, 0.3) is 0 Å². The maximum atomic E-state index is 9.60. The average Bonchev–Trinajstić information content (AvgIpc) is 2.37. The second kappa shape index (κ2) is 16.0. The number of carboxylic acids is 1. The van der Waals surface area contributed by atoms with Crippen LogP contribution in [0.3, 0.4) is 0 Å². The molecule has 0 bridgehead atoms. The SMILES string of the molecule is C=C(C)C(=O)O.OCC(O)CO.OCC(O)CO. The summed E-state index contributed by atoms with van der Waals surface area (Å²) in [4.78, 5) is 9.60. The smallest absolute Gasteiger partial charge is 0.330 e. The van der Waals surface area contributed by atoms with Gasteiger partial charge in [0.05, 0.1) is 26.4 Å². The highest BCUT2D eigenvalue weighted by Gasteiger charge is 1.94. The molecule has 8 heteroatoms. The average molecular weight is 270 g/mol. The number of hydrogen-bond donors (Lipinski definition) is 7. The van der Waals surface area contributed by atoms with Crippen LogP contribution < -0.4 is 0 Å². The molecule has 0 aromatic heterocycles. The fourth-order valence-corrected chi connectivity index (χ4v) is 0.115. The van der Waals surface area contributed by atoms with Gasteiger partial charge in [-0.25, -0.2) is 4.79 Å². The van der Waals surface area contributed by atoms with Gasteiger partial charge < -0.3 is 35.7 Å². The third kappa shape index (κ3) is 24.3. The first-order valence-electron chi connectivity index (χ1n) is 4.95. The monoisotopic (exact) mass is 270 g/mol. The molecule has 0 fully saturated rings. The Kier molecular flexibility index (Phi) is 19.7. The van der Waals surface area contributed by atoms with Gasteiger partial charge in [-0.1, -0.05) is 6.58 Å². The molecule has 0 saturated heterocycles. The Morgan fingerprint density at radius 3 is 1.11 bits per heavy atom. The van der Waals surface area contributed by atoms with E-state index in [9.17, 15) is 4.79 Å². The molecule has 0 aromatic rings. The minimum Gasteiger partial charge on any atom is -0.478 e. The quantitative estimate of drug-likeness (QED) is 0.266. The zero-order valence-electron chi connectivity index (χ0n) is 10.2. The zero-order valence-corrected chi connectivity index (χ0v) is 10.2. The fourth-order valence-electron chi connectivity index (χ4n) is 0.115. The van der Waals surface area contributed by atoms with Gasteiger partial charge in [0, 0.05) is 5.57 Å². The fraction of sp³-hybridized carbons (Fsp3) is 0.700. The molecule has 8 nitrogen and oxygen atoms in total. The highest BCUT2D eigenvalue weighted by atomic mass is 16.4. The molecule has 110 valence electrons. The van der Waals surface area contributed by atoms with Crippen molar-refractivity contribution in [1.82, 2.24) is 0 Å². The van der Waals surface area contributed by atoms with E-state index in [4.69, 9.17) is 35.7 Å². The third-order valence-corrected chi connectivity index (χ3v) is 1.21. The number of aliphatic hydroxyl groups excluding tert-OH is 6.